The van der Waals surface area contributed by atoms with Gasteiger partial charge in [-0.2, -0.15) is 4.39 Å². The smallest absolute Gasteiger partial charge is 0.399 e. The molecule has 1 aliphatic rings. The number of carbonyl (C=O) groups excluding carboxylic acids is 1. The Morgan fingerprint density at radius 2 is 1.85 bits per heavy atom. The van der Waals surface area contributed by atoms with Gasteiger partial charge in [0.1, 0.15) is 0 Å². The Hall–Kier alpha value is -1.47. The van der Waals surface area contributed by atoms with Gasteiger partial charge < -0.3 is 15.0 Å². The molecule has 20 heavy (non-hydrogen) atoms. The van der Waals surface area contributed by atoms with Gasteiger partial charge in [0.05, 0.1) is 23.3 Å². The van der Waals surface area contributed by atoms with Crippen molar-refractivity contribution >= 4 is 18.5 Å². The summed E-state index contributed by atoms with van der Waals surface area (Å²) in [7, 11) is -0.810. The molecule has 1 aliphatic heterocycles. The lowest BCUT2D eigenvalue weighted by Gasteiger charge is -2.32. The summed E-state index contributed by atoms with van der Waals surface area (Å²) in [6.07, 6.45) is -0.0967. The van der Waals surface area contributed by atoms with E-state index in [2.05, 4.69) is 4.98 Å². The van der Waals surface area contributed by atoms with E-state index in [0.717, 1.165) is 0 Å². The van der Waals surface area contributed by atoms with Crippen molar-refractivity contribution in [2.75, 3.05) is 0 Å². The summed E-state index contributed by atoms with van der Waals surface area (Å²) in [6, 6.07) is 3.07. The Balaban J connectivity index is 2.25. The largest absolute Gasteiger partial charge is 0.499 e. The van der Waals surface area contributed by atoms with Crippen LogP contribution in [0.5, 0.6) is 0 Å². The third-order valence-electron chi connectivity index (χ3n) is 3.80. The number of pyridine rings is 1. The molecule has 0 bridgehead atoms. The lowest BCUT2D eigenvalue weighted by atomic mass is 9.80. The number of rotatable bonds is 3. The van der Waals surface area contributed by atoms with E-state index in [1.807, 2.05) is 27.7 Å². The zero-order valence-corrected chi connectivity index (χ0v) is 12.1. The normalized spacial score (nSPS) is 20.1. The molecule has 2 heterocycles. The van der Waals surface area contributed by atoms with Crippen LogP contribution in [0.1, 0.15) is 33.4 Å². The molecule has 0 saturated carbocycles. The fourth-order valence-electron chi connectivity index (χ4n) is 1.91. The molecule has 0 aromatic carbocycles. The van der Waals surface area contributed by atoms with Crippen molar-refractivity contribution < 1.29 is 18.5 Å². The third-order valence-corrected chi connectivity index (χ3v) is 3.80. The Morgan fingerprint density at radius 3 is 2.30 bits per heavy atom. The van der Waals surface area contributed by atoms with E-state index in [-0.39, 0.29) is 17.6 Å². The van der Waals surface area contributed by atoms with Crippen LogP contribution in [0.15, 0.2) is 12.1 Å². The van der Waals surface area contributed by atoms with E-state index in [1.54, 1.807) is 6.07 Å². The van der Waals surface area contributed by atoms with Gasteiger partial charge in [0.25, 0.3) is 0 Å². The average molecular weight is 280 g/mol. The Morgan fingerprint density at radius 1 is 1.30 bits per heavy atom. The predicted molar refractivity (Wildman–Crippen MR) is 72.8 cm³/mol. The van der Waals surface area contributed by atoms with Crippen LogP contribution in [-0.4, -0.2) is 29.2 Å². The molecule has 0 spiro atoms. The van der Waals surface area contributed by atoms with Crippen LogP contribution >= 0.6 is 0 Å². The predicted octanol–water partition coefficient (Wildman–Crippen LogP) is 0.548. The molecule has 0 unspecified atom stereocenters. The zero-order valence-electron chi connectivity index (χ0n) is 12.1. The highest BCUT2D eigenvalue weighted by Crippen LogP contribution is 2.36. The number of halogens is 1. The van der Waals surface area contributed by atoms with E-state index in [1.165, 1.54) is 6.07 Å². The van der Waals surface area contributed by atoms with Gasteiger partial charge in [0.15, 0.2) is 0 Å². The summed E-state index contributed by atoms with van der Waals surface area (Å²) in [5.74, 6) is -1.26. The topological polar surface area (TPSA) is 74.4 Å². The molecule has 1 amide bonds. The molecule has 0 radical (unpaired) electrons. The van der Waals surface area contributed by atoms with Crippen molar-refractivity contribution in [1.82, 2.24) is 4.98 Å². The van der Waals surface area contributed by atoms with E-state index >= 15 is 0 Å². The van der Waals surface area contributed by atoms with Crippen molar-refractivity contribution in [2.24, 2.45) is 5.73 Å². The lowest BCUT2D eigenvalue weighted by molar-refractivity contribution is -0.117. The maximum Gasteiger partial charge on any atom is 0.499 e. The zero-order chi connectivity index (χ0) is 15.1. The highest BCUT2D eigenvalue weighted by molar-refractivity contribution is 6.62. The van der Waals surface area contributed by atoms with Crippen LogP contribution in [0.25, 0.3) is 0 Å². The van der Waals surface area contributed by atoms with Crippen molar-refractivity contribution in [3.8, 4) is 0 Å². The summed E-state index contributed by atoms with van der Waals surface area (Å²) in [5.41, 5.74) is 4.47. The number of amides is 1. The van der Waals surface area contributed by atoms with Crippen LogP contribution in [0.3, 0.4) is 0 Å². The number of carbonyl (C=O) groups is 1. The molecule has 1 aromatic rings. The Kier molecular flexibility index (Phi) is 3.60. The van der Waals surface area contributed by atoms with Gasteiger partial charge in [-0.3, -0.25) is 4.79 Å². The molecule has 2 rings (SSSR count). The van der Waals surface area contributed by atoms with E-state index < -0.39 is 30.2 Å². The van der Waals surface area contributed by atoms with Crippen LogP contribution in [0.4, 0.5) is 4.39 Å². The minimum absolute atomic E-state index is 0.0967. The standard InChI is InChI=1S/C13H18BFN2O3/c1-12(2)13(3,4)20-14(19-12)9-6-5-8(7-10(16)18)17-11(9)15/h5-6H,7H2,1-4H3,(H2,16,18). The van der Waals surface area contributed by atoms with Gasteiger partial charge in [-0.1, -0.05) is 6.07 Å². The second-order valence-corrected chi connectivity index (χ2v) is 5.91. The van der Waals surface area contributed by atoms with Crippen LogP contribution in [0, 0.1) is 5.95 Å². The first-order chi connectivity index (χ1) is 9.12. The summed E-state index contributed by atoms with van der Waals surface area (Å²) in [4.78, 5) is 14.5. The first-order valence-corrected chi connectivity index (χ1v) is 6.42. The molecule has 108 valence electrons. The second-order valence-electron chi connectivity index (χ2n) is 5.91. The molecular formula is C13H18BFN2O3. The Bertz CT molecular complexity index is 532. The number of hydrogen-bond donors (Lipinski definition) is 1. The van der Waals surface area contributed by atoms with Crippen LogP contribution in [-0.2, 0) is 20.5 Å². The quantitative estimate of drug-likeness (QED) is 0.648. The van der Waals surface area contributed by atoms with Crippen molar-refractivity contribution in [1.29, 1.82) is 0 Å². The maximum absolute atomic E-state index is 14.0. The van der Waals surface area contributed by atoms with E-state index in [9.17, 15) is 9.18 Å². The molecular weight excluding hydrogens is 262 g/mol. The van der Waals surface area contributed by atoms with E-state index in [0.29, 0.717) is 0 Å². The minimum atomic E-state index is -0.810. The summed E-state index contributed by atoms with van der Waals surface area (Å²) < 4.78 is 25.5. The van der Waals surface area contributed by atoms with Gasteiger partial charge in [0, 0.05) is 5.46 Å². The van der Waals surface area contributed by atoms with Gasteiger partial charge in [0.2, 0.25) is 11.9 Å². The molecule has 2 N–H and O–H groups in total. The minimum Gasteiger partial charge on any atom is -0.399 e. The third kappa shape index (κ3) is 2.69. The maximum atomic E-state index is 14.0. The summed E-state index contributed by atoms with van der Waals surface area (Å²) in [5, 5.41) is 0. The molecule has 1 saturated heterocycles. The van der Waals surface area contributed by atoms with Gasteiger partial charge in [-0.15, -0.1) is 0 Å². The van der Waals surface area contributed by atoms with Gasteiger partial charge >= 0.3 is 7.12 Å². The molecule has 1 fully saturated rings. The summed E-state index contributed by atoms with van der Waals surface area (Å²) >= 11 is 0. The Labute approximate surface area is 117 Å². The fraction of sp³-hybridized carbons (Fsp3) is 0.538. The van der Waals surface area contributed by atoms with Crippen molar-refractivity contribution in [2.45, 2.75) is 45.3 Å². The highest BCUT2D eigenvalue weighted by Gasteiger charge is 2.52. The van der Waals surface area contributed by atoms with Crippen LogP contribution < -0.4 is 11.2 Å². The SMILES string of the molecule is CC1(C)OB(c2ccc(CC(N)=O)nc2F)OC1(C)C. The molecule has 5 nitrogen and oxygen atoms in total. The van der Waals surface area contributed by atoms with Gasteiger partial charge in [-0.05, 0) is 33.8 Å². The lowest BCUT2D eigenvalue weighted by Crippen LogP contribution is -2.41. The number of nitrogens with zero attached hydrogens (tertiary/aromatic N) is 1. The summed E-state index contributed by atoms with van der Waals surface area (Å²) in [6.45, 7) is 7.55. The number of hydrogen-bond acceptors (Lipinski definition) is 4. The highest BCUT2D eigenvalue weighted by atomic mass is 19.1. The number of primary amides is 1. The monoisotopic (exact) mass is 280 g/mol. The number of aromatic nitrogens is 1. The van der Waals surface area contributed by atoms with Crippen molar-refractivity contribution in [3.05, 3.63) is 23.8 Å². The van der Waals surface area contributed by atoms with Crippen LogP contribution in [0.2, 0.25) is 0 Å². The molecule has 0 aliphatic carbocycles. The molecule has 0 atom stereocenters. The molecule has 7 heteroatoms. The first kappa shape index (κ1) is 14.9. The second kappa shape index (κ2) is 4.82. The first-order valence-electron chi connectivity index (χ1n) is 6.42. The molecule has 1 aromatic heterocycles. The fourth-order valence-corrected chi connectivity index (χ4v) is 1.91. The average Bonchev–Trinajstić information content (AvgIpc) is 2.46. The van der Waals surface area contributed by atoms with E-state index in [4.69, 9.17) is 15.0 Å². The van der Waals surface area contributed by atoms with Crippen molar-refractivity contribution in [3.63, 3.8) is 0 Å². The number of nitrogens with two attached hydrogens (primary N) is 1. The van der Waals surface area contributed by atoms with Gasteiger partial charge in [-0.25, -0.2) is 4.98 Å².